The first kappa shape index (κ1) is 20.1. The maximum Gasteiger partial charge on any atom is 0.308 e. The molecule has 7 nitrogen and oxygen atoms in total. The normalized spacial score (nSPS) is 15.9. The molecule has 28 heavy (non-hydrogen) atoms. The van der Waals surface area contributed by atoms with Crippen molar-refractivity contribution >= 4 is 11.9 Å². The molecule has 0 bridgehead atoms. The molecule has 150 valence electrons. The van der Waals surface area contributed by atoms with Gasteiger partial charge in [0.05, 0.1) is 29.1 Å². The summed E-state index contributed by atoms with van der Waals surface area (Å²) >= 11 is 0. The van der Waals surface area contributed by atoms with Gasteiger partial charge in [-0.2, -0.15) is 5.10 Å². The van der Waals surface area contributed by atoms with E-state index >= 15 is 0 Å². The number of para-hydroxylation sites is 1. The molecule has 1 saturated heterocycles. The van der Waals surface area contributed by atoms with Crippen LogP contribution in [0.5, 0.6) is 0 Å². The third-order valence-electron chi connectivity index (χ3n) is 5.24. The Labute approximate surface area is 164 Å². The van der Waals surface area contributed by atoms with Crippen LogP contribution in [0.1, 0.15) is 42.2 Å². The van der Waals surface area contributed by atoms with Crippen LogP contribution in [-0.2, 0) is 16.0 Å². The summed E-state index contributed by atoms with van der Waals surface area (Å²) in [5.74, 6) is -1.73. The standard InChI is InChI=1S/C21H27N3O4/c1-2-6-19-18(14-23-24(19)16-7-4-3-5-8-16)20(25)22-13-17(21(26)27)15-9-11-28-12-10-15/h3-5,7-8,14-15,17H,2,6,9-13H2,1H3,(H,22,25)(H,26,27). The van der Waals surface area contributed by atoms with Crippen molar-refractivity contribution in [3.63, 3.8) is 0 Å². The van der Waals surface area contributed by atoms with Gasteiger partial charge in [-0.15, -0.1) is 0 Å². The van der Waals surface area contributed by atoms with Gasteiger partial charge in [0.15, 0.2) is 0 Å². The largest absolute Gasteiger partial charge is 0.481 e. The van der Waals surface area contributed by atoms with Crippen LogP contribution >= 0.6 is 0 Å². The van der Waals surface area contributed by atoms with Gasteiger partial charge < -0.3 is 15.2 Å². The first-order chi connectivity index (χ1) is 13.6. The van der Waals surface area contributed by atoms with Crippen LogP contribution in [-0.4, -0.2) is 46.5 Å². The van der Waals surface area contributed by atoms with Crippen molar-refractivity contribution in [2.75, 3.05) is 19.8 Å². The van der Waals surface area contributed by atoms with Crippen LogP contribution in [0, 0.1) is 11.8 Å². The lowest BCUT2D eigenvalue weighted by atomic mass is 9.86. The lowest BCUT2D eigenvalue weighted by Gasteiger charge is -2.27. The van der Waals surface area contributed by atoms with E-state index in [1.807, 2.05) is 30.3 Å². The third kappa shape index (κ3) is 4.59. The summed E-state index contributed by atoms with van der Waals surface area (Å²) in [5.41, 5.74) is 2.24. The molecular weight excluding hydrogens is 358 g/mol. The molecule has 0 spiro atoms. The molecule has 1 atom stereocenters. The quantitative estimate of drug-likeness (QED) is 0.729. The van der Waals surface area contributed by atoms with Crippen LogP contribution < -0.4 is 5.32 Å². The first-order valence-electron chi connectivity index (χ1n) is 9.82. The van der Waals surface area contributed by atoms with Crippen LogP contribution in [0.3, 0.4) is 0 Å². The van der Waals surface area contributed by atoms with Crippen molar-refractivity contribution in [3.8, 4) is 5.69 Å². The fraction of sp³-hybridized carbons (Fsp3) is 0.476. The number of nitrogens with one attached hydrogen (secondary N) is 1. The van der Waals surface area contributed by atoms with Gasteiger partial charge in [-0.1, -0.05) is 31.5 Å². The van der Waals surface area contributed by atoms with Gasteiger partial charge in [-0.25, -0.2) is 4.68 Å². The predicted octanol–water partition coefficient (Wildman–Crippen LogP) is 2.68. The number of rotatable bonds is 8. The SMILES string of the molecule is CCCc1c(C(=O)NCC(C(=O)O)C2CCOCC2)cnn1-c1ccccc1. The molecule has 1 unspecified atom stereocenters. The molecule has 2 N–H and O–H groups in total. The van der Waals surface area contributed by atoms with E-state index in [0.29, 0.717) is 38.0 Å². The Morgan fingerprint density at radius 2 is 2.00 bits per heavy atom. The topological polar surface area (TPSA) is 93.5 Å². The van der Waals surface area contributed by atoms with E-state index in [1.54, 1.807) is 10.9 Å². The smallest absolute Gasteiger partial charge is 0.308 e. The fourth-order valence-electron chi connectivity index (χ4n) is 3.70. The molecule has 2 heterocycles. The van der Waals surface area contributed by atoms with E-state index in [0.717, 1.165) is 17.8 Å². The predicted molar refractivity (Wildman–Crippen MR) is 105 cm³/mol. The second kappa shape index (κ2) is 9.50. The zero-order valence-corrected chi connectivity index (χ0v) is 16.1. The maximum atomic E-state index is 12.8. The van der Waals surface area contributed by atoms with Gasteiger partial charge in [-0.3, -0.25) is 9.59 Å². The van der Waals surface area contributed by atoms with Gasteiger partial charge in [-0.05, 0) is 37.3 Å². The number of carboxylic acids is 1. The summed E-state index contributed by atoms with van der Waals surface area (Å²) < 4.78 is 7.10. The summed E-state index contributed by atoms with van der Waals surface area (Å²) in [6.45, 7) is 3.32. The summed E-state index contributed by atoms with van der Waals surface area (Å²) in [7, 11) is 0. The molecule has 0 radical (unpaired) electrons. The van der Waals surface area contributed by atoms with Crippen LogP contribution in [0.2, 0.25) is 0 Å². The summed E-state index contributed by atoms with van der Waals surface area (Å²) in [6, 6.07) is 9.68. The highest BCUT2D eigenvalue weighted by Crippen LogP contribution is 2.24. The Morgan fingerprint density at radius 1 is 1.29 bits per heavy atom. The lowest BCUT2D eigenvalue weighted by Crippen LogP contribution is -2.39. The number of hydrogen-bond donors (Lipinski definition) is 2. The van der Waals surface area contributed by atoms with Crippen molar-refractivity contribution < 1.29 is 19.4 Å². The Morgan fingerprint density at radius 3 is 2.64 bits per heavy atom. The van der Waals surface area contributed by atoms with Gasteiger partial charge in [0.25, 0.3) is 5.91 Å². The zero-order chi connectivity index (χ0) is 19.9. The highest BCUT2D eigenvalue weighted by Gasteiger charge is 2.30. The van der Waals surface area contributed by atoms with Crippen molar-refractivity contribution in [2.45, 2.75) is 32.6 Å². The van der Waals surface area contributed by atoms with Crippen molar-refractivity contribution in [3.05, 3.63) is 47.8 Å². The van der Waals surface area contributed by atoms with Crippen LogP contribution in [0.15, 0.2) is 36.5 Å². The number of carbonyl (C=O) groups excluding carboxylic acids is 1. The summed E-state index contributed by atoms with van der Waals surface area (Å²) in [5, 5.41) is 16.8. The molecule has 1 fully saturated rings. The summed E-state index contributed by atoms with van der Waals surface area (Å²) in [6.07, 6.45) is 4.57. The van der Waals surface area contributed by atoms with E-state index in [1.165, 1.54) is 0 Å². The Balaban J connectivity index is 1.74. The van der Waals surface area contributed by atoms with E-state index in [2.05, 4.69) is 17.3 Å². The number of carboxylic acid groups (broad SMARTS) is 1. The molecular formula is C21H27N3O4. The van der Waals surface area contributed by atoms with Gasteiger partial charge in [0, 0.05) is 19.8 Å². The van der Waals surface area contributed by atoms with Crippen molar-refractivity contribution in [1.29, 1.82) is 0 Å². The average molecular weight is 385 g/mol. The first-order valence-corrected chi connectivity index (χ1v) is 9.82. The number of nitrogens with zero attached hydrogens (tertiary/aromatic N) is 2. The molecule has 1 aliphatic rings. The maximum absolute atomic E-state index is 12.8. The van der Waals surface area contributed by atoms with Crippen molar-refractivity contribution in [1.82, 2.24) is 15.1 Å². The van der Waals surface area contributed by atoms with Crippen molar-refractivity contribution in [2.24, 2.45) is 11.8 Å². The fourth-order valence-corrected chi connectivity index (χ4v) is 3.70. The molecule has 1 amide bonds. The Hall–Kier alpha value is -2.67. The molecule has 7 heteroatoms. The molecule has 3 rings (SSSR count). The number of aliphatic carboxylic acids is 1. The molecule has 2 aromatic rings. The molecule has 1 aliphatic heterocycles. The third-order valence-corrected chi connectivity index (χ3v) is 5.24. The van der Waals surface area contributed by atoms with Gasteiger partial charge in [0.2, 0.25) is 0 Å². The highest BCUT2D eigenvalue weighted by molar-refractivity contribution is 5.95. The lowest BCUT2D eigenvalue weighted by molar-refractivity contribution is -0.144. The van der Waals surface area contributed by atoms with E-state index in [-0.39, 0.29) is 18.4 Å². The molecule has 1 aromatic carbocycles. The molecule has 0 aliphatic carbocycles. The summed E-state index contributed by atoms with van der Waals surface area (Å²) in [4.78, 5) is 24.5. The highest BCUT2D eigenvalue weighted by atomic mass is 16.5. The number of hydrogen-bond acceptors (Lipinski definition) is 4. The van der Waals surface area contributed by atoms with Crippen LogP contribution in [0.4, 0.5) is 0 Å². The minimum atomic E-state index is -0.874. The number of amides is 1. The molecule has 0 saturated carbocycles. The Bertz CT molecular complexity index is 797. The van der Waals surface area contributed by atoms with E-state index < -0.39 is 11.9 Å². The van der Waals surface area contributed by atoms with Gasteiger partial charge in [0.1, 0.15) is 0 Å². The monoisotopic (exact) mass is 385 g/mol. The second-order valence-electron chi connectivity index (χ2n) is 7.11. The second-order valence-corrected chi connectivity index (χ2v) is 7.11. The zero-order valence-electron chi connectivity index (χ0n) is 16.1. The number of ether oxygens (including phenoxy) is 1. The number of carbonyl (C=O) groups is 2. The van der Waals surface area contributed by atoms with E-state index in [4.69, 9.17) is 4.74 Å². The van der Waals surface area contributed by atoms with Crippen LogP contribution in [0.25, 0.3) is 5.69 Å². The minimum Gasteiger partial charge on any atom is -0.481 e. The number of benzene rings is 1. The number of aromatic nitrogens is 2. The molecule has 1 aromatic heterocycles. The van der Waals surface area contributed by atoms with E-state index in [9.17, 15) is 14.7 Å². The van der Waals surface area contributed by atoms with Gasteiger partial charge >= 0.3 is 5.97 Å². The minimum absolute atomic E-state index is 0.0219. The Kier molecular flexibility index (Phi) is 6.81. The average Bonchev–Trinajstić information content (AvgIpc) is 3.13.